The average molecular weight is 370 g/mol. The fraction of sp³-hybridized carbons (Fsp3) is 0.846. The number of alkyl carbamates (subject to hydrolysis) is 1. The van der Waals surface area contributed by atoms with Crippen LogP contribution in [-0.4, -0.2) is 72.0 Å². The second-order valence-corrected chi connectivity index (χ2v) is 7.41. The predicted molar refractivity (Wildman–Crippen MR) is 85.2 cm³/mol. The normalized spacial score (nSPS) is 11.7. The van der Waals surface area contributed by atoms with Crippen molar-refractivity contribution in [1.29, 1.82) is 0 Å². The first-order valence-corrected chi connectivity index (χ1v) is 9.15. The number of carbonyl (C=O) groups is 2. The minimum Gasteiger partial charge on any atom is -0.446 e. The monoisotopic (exact) mass is 370 g/mol. The molecule has 142 valence electrons. The molecule has 0 aromatic rings. The lowest BCUT2D eigenvalue weighted by molar-refractivity contribution is 0.0267. The second kappa shape index (κ2) is 11.0. The summed E-state index contributed by atoms with van der Waals surface area (Å²) in [5, 5.41) is 2.54. The van der Waals surface area contributed by atoms with Crippen molar-refractivity contribution in [3.63, 3.8) is 0 Å². The van der Waals surface area contributed by atoms with Crippen LogP contribution in [0.4, 0.5) is 9.59 Å². The number of rotatable bonds is 10. The van der Waals surface area contributed by atoms with Crippen LogP contribution in [0.3, 0.4) is 0 Å². The van der Waals surface area contributed by atoms with Crippen molar-refractivity contribution in [3.05, 3.63) is 0 Å². The zero-order chi connectivity index (χ0) is 18.6. The smallest absolute Gasteiger partial charge is 0.420 e. The summed E-state index contributed by atoms with van der Waals surface area (Å²) in [4.78, 5) is 22.3. The molecule has 11 heteroatoms. The molecule has 0 heterocycles. The van der Waals surface area contributed by atoms with E-state index in [2.05, 4.69) is 10.1 Å². The zero-order valence-electron chi connectivity index (χ0n) is 14.4. The van der Waals surface area contributed by atoms with Gasteiger partial charge < -0.3 is 24.3 Å². The minimum atomic E-state index is -3.62. The molecule has 0 aliphatic rings. The van der Waals surface area contributed by atoms with Crippen molar-refractivity contribution in [2.75, 3.05) is 45.8 Å². The van der Waals surface area contributed by atoms with Gasteiger partial charge in [0, 0.05) is 6.54 Å². The van der Waals surface area contributed by atoms with Gasteiger partial charge >= 0.3 is 12.2 Å². The molecule has 0 atom stereocenters. The van der Waals surface area contributed by atoms with Gasteiger partial charge in [0.25, 0.3) is 0 Å². The Labute approximate surface area is 142 Å². The standard InChI is InChI=1S/C13H26N2O8S/c1-13(2,3)23-11(16)14-5-6-20-7-8-21-9-10-22-12(17)15-24(4,18)19/h5-10H2,1-4H3,(H,14,16)(H,15,17). The maximum absolute atomic E-state index is 11.3. The third kappa shape index (κ3) is 16.8. The van der Waals surface area contributed by atoms with Crippen LogP contribution < -0.4 is 10.0 Å². The molecule has 2 N–H and O–H groups in total. The molecule has 0 unspecified atom stereocenters. The number of ether oxygens (including phenoxy) is 4. The number of hydrogen-bond acceptors (Lipinski definition) is 8. The molecule has 0 aromatic heterocycles. The van der Waals surface area contributed by atoms with Gasteiger partial charge in [0.05, 0.1) is 32.7 Å². The Morgan fingerprint density at radius 1 is 0.917 bits per heavy atom. The van der Waals surface area contributed by atoms with Gasteiger partial charge in [-0.05, 0) is 20.8 Å². The second-order valence-electron chi connectivity index (χ2n) is 5.66. The molecule has 2 amide bonds. The topological polar surface area (TPSA) is 129 Å². The molecule has 0 radical (unpaired) electrons. The number of amides is 2. The SMILES string of the molecule is CC(C)(C)OC(=O)NCCOCCOCCOC(=O)NS(C)(=O)=O. The highest BCUT2D eigenvalue weighted by Gasteiger charge is 2.15. The first-order valence-electron chi connectivity index (χ1n) is 7.26. The first kappa shape index (κ1) is 22.4. The van der Waals surface area contributed by atoms with Crippen molar-refractivity contribution in [2.24, 2.45) is 0 Å². The molecule has 0 saturated carbocycles. The van der Waals surface area contributed by atoms with Crippen LogP contribution in [0, 0.1) is 0 Å². The lowest BCUT2D eigenvalue weighted by atomic mass is 10.2. The van der Waals surface area contributed by atoms with Crippen molar-refractivity contribution >= 4 is 22.2 Å². The van der Waals surface area contributed by atoms with E-state index in [0.29, 0.717) is 19.8 Å². The Morgan fingerprint density at radius 2 is 1.46 bits per heavy atom. The Kier molecular flexibility index (Phi) is 10.3. The Morgan fingerprint density at radius 3 is 2.00 bits per heavy atom. The van der Waals surface area contributed by atoms with Crippen LogP contribution in [0.25, 0.3) is 0 Å². The molecular formula is C13H26N2O8S. The molecule has 24 heavy (non-hydrogen) atoms. The van der Waals surface area contributed by atoms with Crippen LogP contribution in [0.2, 0.25) is 0 Å². The Balaban J connectivity index is 3.40. The highest BCUT2D eigenvalue weighted by Crippen LogP contribution is 2.05. The van der Waals surface area contributed by atoms with Crippen LogP contribution in [0.1, 0.15) is 20.8 Å². The summed E-state index contributed by atoms with van der Waals surface area (Å²) in [6, 6.07) is 0. The van der Waals surface area contributed by atoms with Crippen molar-refractivity contribution in [3.8, 4) is 0 Å². The third-order valence-corrected chi connectivity index (χ3v) is 2.55. The summed E-state index contributed by atoms with van der Waals surface area (Å²) in [5.74, 6) is 0. The lowest BCUT2D eigenvalue weighted by Crippen LogP contribution is -2.34. The summed E-state index contributed by atoms with van der Waals surface area (Å²) < 4.78 is 43.0. The molecular weight excluding hydrogens is 344 g/mol. The summed E-state index contributed by atoms with van der Waals surface area (Å²) in [6.45, 7) is 6.52. The fourth-order valence-electron chi connectivity index (χ4n) is 1.24. The quantitative estimate of drug-likeness (QED) is 0.523. The largest absolute Gasteiger partial charge is 0.446 e. The van der Waals surface area contributed by atoms with Gasteiger partial charge in [0.2, 0.25) is 10.0 Å². The number of carbonyl (C=O) groups excluding carboxylic acids is 2. The highest BCUT2D eigenvalue weighted by molar-refractivity contribution is 7.89. The molecule has 0 bridgehead atoms. The van der Waals surface area contributed by atoms with E-state index < -0.39 is 27.8 Å². The van der Waals surface area contributed by atoms with Crippen LogP contribution in [0.15, 0.2) is 0 Å². The van der Waals surface area contributed by atoms with Gasteiger partial charge in [-0.2, -0.15) is 0 Å². The van der Waals surface area contributed by atoms with Gasteiger partial charge in [0.1, 0.15) is 12.2 Å². The van der Waals surface area contributed by atoms with Crippen molar-refractivity contribution in [2.45, 2.75) is 26.4 Å². The Hall–Kier alpha value is -1.59. The van der Waals surface area contributed by atoms with Crippen molar-refractivity contribution in [1.82, 2.24) is 10.0 Å². The number of sulfonamides is 1. The van der Waals surface area contributed by atoms with E-state index in [4.69, 9.17) is 14.2 Å². The maximum Gasteiger partial charge on any atom is 0.420 e. The van der Waals surface area contributed by atoms with E-state index >= 15 is 0 Å². The predicted octanol–water partition coefficient (Wildman–Crippen LogP) is 0.230. The summed E-state index contributed by atoms with van der Waals surface area (Å²) in [7, 11) is -3.62. The number of hydrogen-bond donors (Lipinski definition) is 2. The van der Waals surface area contributed by atoms with Crippen molar-refractivity contribution < 1.29 is 37.0 Å². The average Bonchev–Trinajstić information content (AvgIpc) is 2.36. The summed E-state index contributed by atoms with van der Waals surface area (Å²) in [5.41, 5.74) is -0.543. The zero-order valence-corrected chi connectivity index (χ0v) is 15.2. The summed E-state index contributed by atoms with van der Waals surface area (Å²) in [6.07, 6.45) is -0.711. The minimum absolute atomic E-state index is 0.0818. The summed E-state index contributed by atoms with van der Waals surface area (Å²) >= 11 is 0. The van der Waals surface area contributed by atoms with Gasteiger partial charge in [-0.3, -0.25) is 0 Å². The van der Waals surface area contributed by atoms with Gasteiger partial charge in [0.15, 0.2) is 0 Å². The lowest BCUT2D eigenvalue weighted by Gasteiger charge is -2.19. The first-order chi connectivity index (χ1) is 11.0. The van der Waals surface area contributed by atoms with E-state index in [1.165, 1.54) is 0 Å². The fourth-order valence-corrected chi connectivity index (χ4v) is 1.60. The van der Waals surface area contributed by atoms with E-state index in [9.17, 15) is 18.0 Å². The van der Waals surface area contributed by atoms with E-state index in [0.717, 1.165) is 6.26 Å². The molecule has 0 fully saturated rings. The van der Waals surface area contributed by atoms with E-state index in [1.807, 2.05) is 0 Å². The van der Waals surface area contributed by atoms with Gasteiger partial charge in [-0.1, -0.05) is 0 Å². The molecule has 0 aromatic carbocycles. The van der Waals surface area contributed by atoms with Crippen LogP contribution >= 0.6 is 0 Å². The number of nitrogens with one attached hydrogen (secondary N) is 2. The molecule has 10 nitrogen and oxygen atoms in total. The maximum atomic E-state index is 11.3. The van der Waals surface area contributed by atoms with Gasteiger partial charge in [-0.15, -0.1) is 0 Å². The highest BCUT2D eigenvalue weighted by atomic mass is 32.2. The van der Waals surface area contributed by atoms with Gasteiger partial charge in [-0.25, -0.2) is 22.7 Å². The Bertz CT molecular complexity index is 487. The third-order valence-electron chi connectivity index (χ3n) is 2.02. The van der Waals surface area contributed by atoms with E-state index in [-0.39, 0.29) is 19.8 Å². The molecule has 0 aliphatic heterocycles. The molecule has 0 spiro atoms. The molecule has 0 rings (SSSR count). The molecule has 0 saturated heterocycles. The van der Waals surface area contributed by atoms with E-state index in [1.54, 1.807) is 25.5 Å². The molecule has 0 aliphatic carbocycles. The van der Waals surface area contributed by atoms with Crippen LogP contribution in [0.5, 0.6) is 0 Å². The van der Waals surface area contributed by atoms with Crippen LogP contribution in [-0.2, 0) is 29.0 Å².